The number of carboxylic acids is 1. The van der Waals surface area contributed by atoms with Crippen LogP contribution in [0.1, 0.15) is 30.1 Å². The van der Waals surface area contributed by atoms with Gasteiger partial charge in [-0.05, 0) is 61.7 Å². The molecule has 3 aromatic carbocycles. The zero-order valence-electron chi connectivity index (χ0n) is 20.6. The van der Waals surface area contributed by atoms with Crippen LogP contribution in [0.5, 0.6) is 11.5 Å². The molecule has 0 spiro atoms. The van der Waals surface area contributed by atoms with Crippen molar-refractivity contribution in [1.29, 1.82) is 0 Å². The van der Waals surface area contributed by atoms with Gasteiger partial charge in [0, 0.05) is 11.8 Å². The Kier molecular flexibility index (Phi) is 10.6. The van der Waals surface area contributed by atoms with Crippen LogP contribution in [0.15, 0.2) is 91.0 Å². The Morgan fingerprint density at radius 3 is 2.30 bits per heavy atom. The maximum Gasteiger partial charge on any atom is 0.412 e. The van der Waals surface area contributed by atoms with Crippen molar-refractivity contribution < 1.29 is 34.0 Å². The highest BCUT2D eigenvalue weighted by Gasteiger charge is 2.29. The molecule has 1 amide bonds. The molecule has 3 rings (SSSR count). The normalized spacial score (nSPS) is 12.5. The Morgan fingerprint density at radius 1 is 0.946 bits per heavy atom. The minimum absolute atomic E-state index is 0.108. The van der Waals surface area contributed by atoms with Crippen LogP contribution in [0, 0.1) is 6.92 Å². The number of benzene rings is 3. The topological polar surface area (TPSA) is 114 Å². The molecule has 3 N–H and O–H groups in total. The summed E-state index contributed by atoms with van der Waals surface area (Å²) in [6.07, 6.45) is 1.28. The van der Waals surface area contributed by atoms with Crippen LogP contribution in [-0.4, -0.2) is 41.6 Å². The molecule has 0 aliphatic carbocycles. The van der Waals surface area contributed by atoms with Crippen molar-refractivity contribution in [2.45, 2.75) is 32.0 Å². The van der Waals surface area contributed by atoms with E-state index in [-0.39, 0.29) is 13.2 Å². The summed E-state index contributed by atoms with van der Waals surface area (Å²) in [5, 5.41) is 20.7. The molecule has 0 unspecified atom stereocenters. The Morgan fingerprint density at radius 2 is 1.65 bits per heavy atom. The van der Waals surface area contributed by atoms with E-state index in [1.54, 1.807) is 54.6 Å². The fraction of sp³-hybridized carbons (Fsp3) is 0.241. The number of carbonyl (C=O) groups is 2. The van der Waals surface area contributed by atoms with Crippen molar-refractivity contribution in [1.82, 2.24) is 0 Å². The second-order valence-corrected chi connectivity index (χ2v) is 8.25. The molecule has 3 aromatic rings. The number of carbonyl (C=O) groups excluding carboxylic acids is 1. The van der Waals surface area contributed by atoms with Gasteiger partial charge in [0.2, 0.25) is 0 Å². The van der Waals surface area contributed by atoms with Gasteiger partial charge in [-0.2, -0.15) is 0 Å². The van der Waals surface area contributed by atoms with E-state index < -0.39 is 24.3 Å². The molecule has 0 aliphatic rings. The first kappa shape index (κ1) is 27.3. The number of ether oxygens (including phenoxy) is 3. The summed E-state index contributed by atoms with van der Waals surface area (Å²) < 4.78 is 17.6. The monoisotopic (exact) mass is 505 g/mol. The van der Waals surface area contributed by atoms with E-state index in [0.29, 0.717) is 35.6 Å². The van der Waals surface area contributed by atoms with Crippen LogP contribution in [0.3, 0.4) is 0 Å². The van der Waals surface area contributed by atoms with Gasteiger partial charge in [0.25, 0.3) is 0 Å². The summed E-state index contributed by atoms with van der Waals surface area (Å²) in [4.78, 5) is 23.8. The van der Waals surface area contributed by atoms with E-state index in [1.165, 1.54) is 0 Å². The number of rotatable bonds is 13. The van der Waals surface area contributed by atoms with Crippen molar-refractivity contribution >= 4 is 17.7 Å². The summed E-state index contributed by atoms with van der Waals surface area (Å²) in [6.45, 7) is 2.01. The smallest absolute Gasteiger partial charge is 0.412 e. The lowest BCUT2D eigenvalue weighted by Crippen LogP contribution is -2.31. The quantitative estimate of drug-likeness (QED) is 0.262. The second kappa shape index (κ2) is 14.3. The molecule has 0 saturated carbocycles. The third kappa shape index (κ3) is 9.35. The minimum Gasteiger partial charge on any atom is -0.491 e. The predicted molar refractivity (Wildman–Crippen MR) is 140 cm³/mol. The molecular formula is C29H31NO7. The number of para-hydroxylation sites is 1. The number of allylic oxidation sites excluding steroid dienone is 1. The number of anilines is 1. The number of nitrogens with one attached hydrogen (secondary N) is 1. The van der Waals surface area contributed by atoms with Crippen molar-refractivity contribution in [2.24, 2.45) is 0 Å². The first-order chi connectivity index (χ1) is 17.9. The van der Waals surface area contributed by atoms with E-state index in [2.05, 4.69) is 5.32 Å². The predicted octanol–water partition coefficient (Wildman–Crippen LogP) is 5.52. The molecule has 0 aromatic heterocycles. The number of aliphatic hydroxyl groups is 1. The number of aliphatic hydroxyl groups excluding tert-OH is 1. The molecule has 0 saturated heterocycles. The van der Waals surface area contributed by atoms with E-state index in [1.807, 2.05) is 37.3 Å². The molecule has 0 fully saturated rings. The number of hydrogen-bond donors (Lipinski definition) is 3. The highest BCUT2D eigenvalue weighted by molar-refractivity contribution is 5.84. The Bertz CT molecular complexity index is 1150. The lowest BCUT2D eigenvalue weighted by atomic mass is 10.00. The van der Waals surface area contributed by atoms with Crippen LogP contribution in [0.25, 0.3) is 0 Å². The fourth-order valence-electron chi connectivity index (χ4n) is 3.57. The zero-order chi connectivity index (χ0) is 26.5. The molecule has 0 bridgehead atoms. The van der Waals surface area contributed by atoms with Gasteiger partial charge < -0.3 is 24.4 Å². The highest BCUT2D eigenvalue weighted by atomic mass is 16.6. The standard InChI is InChI=1S/C29H31NO7/c1-21-11-15-23(16-12-21)30-29(34)37-28(22-13-17-24(18-14-22)35-20-19-31)26(9-5-6-10-27(32)33)36-25-7-3-2-4-8-25/h2-4,6-8,10-18,26,28,31H,5,9,19-20H2,1H3,(H,30,34)(H,32,33)/b10-6+/t26-,28-/m0/s1. The first-order valence-corrected chi connectivity index (χ1v) is 11.9. The lowest BCUT2D eigenvalue weighted by Gasteiger charge is -2.28. The van der Waals surface area contributed by atoms with Crippen molar-refractivity contribution in [2.75, 3.05) is 18.5 Å². The average Bonchev–Trinajstić information content (AvgIpc) is 2.90. The number of aryl methyl sites for hydroxylation is 1. The average molecular weight is 506 g/mol. The molecule has 0 radical (unpaired) electrons. The summed E-state index contributed by atoms with van der Waals surface area (Å²) >= 11 is 0. The molecule has 37 heavy (non-hydrogen) atoms. The van der Waals surface area contributed by atoms with E-state index in [9.17, 15) is 9.59 Å². The van der Waals surface area contributed by atoms with Gasteiger partial charge >= 0.3 is 12.1 Å². The third-order valence-electron chi connectivity index (χ3n) is 5.35. The van der Waals surface area contributed by atoms with Crippen molar-refractivity contribution in [3.63, 3.8) is 0 Å². The molecule has 0 aliphatic heterocycles. The molecule has 0 heterocycles. The van der Waals surface area contributed by atoms with Crippen LogP contribution < -0.4 is 14.8 Å². The Labute approximate surface area is 216 Å². The number of hydrogen-bond acceptors (Lipinski definition) is 6. The van der Waals surface area contributed by atoms with E-state index >= 15 is 0 Å². The molecule has 8 nitrogen and oxygen atoms in total. The molecule has 194 valence electrons. The molecular weight excluding hydrogens is 474 g/mol. The SMILES string of the molecule is Cc1ccc(NC(=O)O[C@@H](c2ccc(OCCO)cc2)[C@H](CC/C=C/C(=O)O)Oc2ccccc2)cc1. The van der Waals surface area contributed by atoms with Gasteiger partial charge in [0.05, 0.1) is 6.61 Å². The second-order valence-electron chi connectivity index (χ2n) is 8.25. The van der Waals surface area contributed by atoms with Gasteiger partial charge in [-0.25, -0.2) is 9.59 Å². The maximum atomic E-state index is 12.9. The third-order valence-corrected chi connectivity index (χ3v) is 5.35. The van der Waals surface area contributed by atoms with Crippen LogP contribution in [0.2, 0.25) is 0 Å². The molecule has 8 heteroatoms. The summed E-state index contributed by atoms with van der Waals surface area (Å²) in [6, 6.07) is 23.5. The van der Waals surface area contributed by atoms with Gasteiger partial charge in [0.1, 0.15) is 24.2 Å². The van der Waals surface area contributed by atoms with Gasteiger partial charge in [-0.15, -0.1) is 0 Å². The van der Waals surface area contributed by atoms with Crippen molar-refractivity contribution in [3.8, 4) is 11.5 Å². The van der Waals surface area contributed by atoms with E-state index in [0.717, 1.165) is 11.6 Å². The Balaban J connectivity index is 1.87. The van der Waals surface area contributed by atoms with Crippen LogP contribution in [-0.2, 0) is 9.53 Å². The molecule has 2 atom stereocenters. The first-order valence-electron chi connectivity index (χ1n) is 11.9. The minimum atomic E-state index is -1.04. The number of carboxylic acid groups (broad SMARTS) is 1. The maximum absolute atomic E-state index is 12.9. The van der Waals surface area contributed by atoms with Crippen LogP contribution in [0.4, 0.5) is 10.5 Å². The Hall–Kier alpha value is -4.30. The van der Waals surface area contributed by atoms with Gasteiger partial charge in [-0.3, -0.25) is 5.32 Å². The lowest BCUT2D eigenvalue weighted by molar-refractivity contribution is -0.131. The van der Waals surface area contributed by atoms with E-state index in [4.69, 9.17) is 24.4 Å². The van der Waals surface area contributed by atoms with Crippen molar-refractivity contribution in [3.05, 3.63) is 102 Å². The van der Waals surface area contributed by atoms with Gasteiger partial charge in [0.15, 0.2) is 6.10 Å². The summed E-state index contributed by atoms with van der Waals surface area (Å²) in [7, 11) is 0. The van der Waals surface area contributed by atoms with Gasteiger partial charge in [-0.1, -0.05) is 54.1 Å². The number of aliphatic carboxylic acids is 1. The highest BCUT2D eigenvalue weighted by Crippen LogP contribution is 2.30. The summed E-state index contributed by atoms with van der Waals surface area (Å²) in [5.74, 6) is 0.111. The number of amides is 1. The summed E-state index contributed by atoms with van der Waals surface area (Å²) in [5.41, 5.74) is 2.32. The largest absolute Gasteiger partial charge is 0.491 e. The zero-order valence-corrected chi connectivity index (χ0v) is 20.6. The van der Waals surface area contributed by atoms with Crippen LogP contribution >= 0.6 is 0 Å². The fourth-order valence-corrected chi connectivity index (χ4v) is 3.57.